The second-order valence-corrected chi connectivity index (χ2v) is 11.6. The molecule has 1 aromatic rings. The molecule has 0 heterocycles. The quantitative estimate of drug-likeness (QED) is 0.612. The molecule has 21 heavy (non-hydrogen) atoms. The molecule has 0 spiro atoms. The highest BCUT2D eigenvalue weighted by atomic mass is 31.2. The molecule has 0 fully saturated rings. The first-order valence-electron chi connectivity index (χ1n) is 7.33. The van der Waals surface area contributed by atoms with Crippen LogP contribution >= 0.6 is 7.14 Å². The van der Waals surface area contributed by atoms with Gasteiger partial charge in [-0.05, 0) is 19.1 Å². The SMILES string of the molecule is CCOC(=O)c1ccc(P(=O)(C(C)(C)C)C(C)(C)C)cc1. The van der Waals surface area contributed by atoms with Crippen LogP contribution < -0.4 is 5.30 Å². The zero-order valence-corrected chi connectivity index (χ0v) is 15.1. The van der Waals surface area contributed by atoms with Gasteiger partial charge in [-0.15, -0.1) is 0 Å². The number of carbonyl (C=O) groups is 1. The highest BCUT2D eigenvalue weighted by Gasteiger charge is 2.47. The minimum Gasteiger partial charge on any atom is -0.462 e. The third-order valence-corrected chi connectivity index (χ3v) is 8.44. The number of hydrogen-bond donors (Lipinski definition) is 0. The average molecular weight is 310 g/mol. The lowest BCUT2D eigenvalue weighted by Crippen LogP contribution is -2.35. The molecule has 1 rings (SSSR count). The first-order valence-corrected chi connectivity index (χ1v) is 9.04. The van der Waals surface area contributed by atoms with Crippen molar-refractivity contribution in [3.8, 4) is 0 Å². The van der Waals surface area contributed by atoms with Crippen LogP contribution in [0.3, 0.4) is 0 Å². The predicted octanol–water partition coefficient (Wildman–Crippen LogP) is 4.45. The van der Waals surface area contributed by atoms with Crippen LogP contribution in [-0.2, 0) is 9.30 Å². The first-order chi connectivity index (χ1) is 9.45. The standard InChI is InChI=1S/C17H27O3P/c1-8-20-15(18)13-9-11-14(12-10-13)21(19,16(2,3)4)17(5,6)7/h9-12H,8H2,1-7H3. The van der Waals surface area contributed by atoms with Crippen LogP contribution in [0.5, 0.6) is 0 Å². The zero-order chi connectivity index (χ0) is 16.5. The predicted molar refractivity (Wildman–Crippen MR) is 89.1 cm³/mol. The first kappa shape index (κ1) is 18.0. The van der Waals surface area contributed by atoms with Gasteiger partial charge in [-0.1, -0.05) is 53.7 Å². The molecule has 0 aliphatic carbocycles. The van der Waals surface area contributed by atoms with E-state index in [2.05, 4.69) is 0 Å². The lowest BCUT2D eigenvalue weighted by atomic mass is 10.2. The van der Waals surface area contributed by atoms with E-state index in [1.54, 1.807) is 19.1 Å². The summed E-state index contributed by atoms with van der Waals surface area (Å²) in [5, 5.41) is 0.142. The van der Waals surface area contributed by atoms with E-state index in [0.717, 1.165) is 5.30 Å². The van der Waals surface area contributed by atoms with Gasteiger partial charge < -0.3 is 9.30 Å². The van der Waals surface area contributed by atoms with Crippen LogP contribution in [-0.4, -0.2) is 22.9 Å². The fraction of sp³-hybridized carbons (Fsp3) is 0.588. The van der Waals surface area contributed by atoms with Crippen LogP contribution in [0, 0.1) is 0 Å². The van der Waals surface area contributed by atoms with E-state index in [1.165, 1.54) is 0 Å². The van der Waals surface area contributed by atoms with Crippen molar-refractivity contribution in [3.05, 3.63) is 29.8 Å². The fourth-order valence-electron chi connectivity index (χ4n) is 2.80. The van der Waals surface area contributed by atoms with Crippen LogP contribution in [0.1, 0.15) is 58.8 Å². The minimum atomic E-state index is -2.66. The lowest BCUT2D eigenvalue weighted by Gasteiger charge is -2.41. The van der Waals surface area contributed by atoms with Crippen molar-refractivity contribution >= 4 is 18.4 Å². The van der Waals surface area contributed by atoms with Crippen molar-refractivity contribution in [3.63, 3.8) is 0 Å². The molecule has 0 saturated heterocycles. The van der Waals surface area contributed by atoms with Crippen molar-refractivity contribution in [1.82, 2.24) is 0 Å². The molecule has 0 aliphatic rings. The average Bonchev–Trinajstić information content (AvgIpc) is 2.35. The summed E-state index contributed by atoms with van der Waals surface area (Å²) in [4.78, 5) is 11.7. The summed E-state index contributed by atoms with van der Waals surface area (Å²) in [6.45, 7) is 14.2. The van der Waals surface area contributed by atoms with E-state index >= 15 is 0 Å². The molecule has 118 valence electrons. The Morgan fingerprint density at radius 3 is 1.76 bits per heavy atom. The van der Waals surface area contributed by atoms with Gasteiger partial charge in [-0.25, -0.2) is 4.79 Å². The van der Waals surface area contributed by atoms with Gasteiger partial charge in [0.15, 0.2) is 0 Å². The van der Waals surface area contributed by atoms with Crippen molar-refractivity contribution in [2.75, 3.05) is 6.61 Å². The Kier molecular flexibility index (Phi) is 5.10. The number of ether oxygens (including phenoxy) is 1. The Morgan fingerprint density at radius 1 is 1.00 bits per heavy atom. The molecule has 0 N–H and O–H groups in total. The molecule has 0 atom stereocenters. The van der Waals surface area contributed by atoms with Crippen LogP contribution in [0.4, 0.5) is 0 Å². The third kappa shape index (κ3) is 3.40. The number of esters is 1. The Labute approximate surface area is 128 Å². The lowest BCUT2D eigenvalue weighted by molar-refractivity contribution is 0.0526. The number of hydrogen-bond acceptors (Lipinski definition) is 3. The van der Waals surface area contributed by atoms with Crippen molar-refractivity contribution in [1.29, 1.82) is 0 Å². The number of rotatable bonds is 3. The maximum atomic E-state index is 13.7. The Bertz CT molecular complexity index is 527. The molecular formula is C17H27O3P. The molecule has 0 radical (unpaired) electrons. The Hall–Kier alpha value is -1.08. The molecule has 0 amide bonds. The van der Waals surface area contributed by atoms with Gasteiger partial charge in [-0.3, -0.25) is 0 Å². The summed E-state index contributed by atoms with van der Waals surface area (Å²) in [5.74, 6) is -0.342. The second-order valence-electron chi connectivity index (χ2n) is 7.22. The summed E-state index contributed by atoms with van der Waals surface area (Å²) in [6.07, 6.45) is 0. The highest BCUT2D eigenvalue weighted by Crippen LogP contribution is 2.65. The third-order valence-electron chi connectivity index (χ3n) is 3.63. The van der Waals surface area contributed by atoms with E-state index in [0.29, 0.717) is 12.2 Å². The molecule has 0 aromatic heterocycles. The van der Waals surface area contributed by atoms with Gasteiger partial charge in [0.1, 0.15) is 7.14 Å². The largest absolute Gasteiger partial charge is 0.462 e. The van der Waals surface area contributed by atoms with Crippen LogP contribution in [0.2, 0.25) is 0 Å². The summed E-state index contributed by atoms with van der Waals surface area (Å²) >= 11 is 0. The Balaban J connectivity index is 3.31. The smallest absolute Gasteiger partial charge is 0.338 e. The summed E-state index contributed by atoms with van der Waals surface area (Å²) in [7, 11) is -2.66. The van der Waals surface area contributed by atoms with Crippen molar-refractivity contribution in [2.24, 2.45) is 0 Å². The molecule has 0 saturated carbocycles. The van der Waals surface area contributed by atoms with Gasteiger partial charge in [0.25, 0.3) is 0 Å². The maximum absolute atomic E-state index is 13.7. The molecule has 4 heteroatoms. The minimum absolute atomic E-state index is 0.337. The Morgan fingerprint density at radius 2 is 1.43 bits per heavy atom. The van der Waals surface area contributed by atoms with Gasteiger partial charge >= 0.3 is 5.97 Å². The summed E-state index contributed by atoms with van der Waals surface area (Å²) in [5.41, 5.74) is 0.495. The molecule has 0 bridgehead atoms. The van der Waals surface area contributed by atoms with E-state index < -0.39 is 7.14 Å². The van der Waals surface area contributed by atoms with Gasteiger partial charge in [-0.2, -0.15) is 0 Å². The summed E-state index contributed by atoms with van der Waals surface area (Å²) in [6, 6.07) is 7.03. The van der Waals surface area contributed by atoms with Crippen LogP contribution in [0.25, 0.3) is 0 Å². The molecule has 3 nitrogen and oxygen atoms in total. The highest BCUT2D eigenvalue weighted by molar-refractivity contribution is 7.74. The second kappa shape index (κ2) is 5.96. The number of carbonyl (C=O) groups excluding carboxylic acids is 1. The van der Waals surface area contributed by atoms with E-state index in [1.807, 2.05) is 53.7 Å². The molecule has 0 aliphatic heterocycles. The van der Waals surface area contributed by atoms with E-state index in [4.69, 9.17) is 4.74 Å². The zero-order valence-electron chi connectivity index (χ0n) is 14.2. The van der Waals surface area contributed by atoms with Gasteiger partial charge in [0.05, 0.1) is 12.2 Å². The van der Waals surface area contributed by atoms with E-state index in [9.17, 15) is 9.36 Å². The van der Waals surface area contributed by atoms with Gasteiger partial charge in [0, 0.05) is 15.6 Å². The van der Waals surface area contributed by atoms with Gasteiger partial charge in [0.2, 0.25) is 0 Å². The topological polar surface area (TPSA) is 43.4 Å². The van der Waals surface area contributed by atoms with Crippen molar-refractivity contribution in [2.45, 2.75) is 58.8 Å². The monoisotopic (exact) mass is 310 g/mol. The van der Waals surface area contributed by atoms with Crippen molar-refractivity contribution < 1.29 is 14.1 Å². The number of benzene rings is 1. The van der Waals surface area contributed by atoms with Crippen LogP contribution in [0.15, 0.2) is 24.3 Å². The summed E-state index contributed by atoms with van der Waals surface area (Å²) < 4.78 is 18.7. The normalized spacial score (nSPS) is 13.1. The van der Waals surface area contributed by atoms with E-state index in [-0.39, 0.29) is 16.3 Å². The maximum Gasteiger partial charge on any atom is 0.338 e. The molecular weight excluding hydrogens is 283 g/mol. The molecule has 0 unspecified atom stereocenters. The molecule has 1 aromatic carbocycles. The fourth-order valence-corrected chi connectivity index (χ4v) is 6.93.